The second-order valence-corrected chi connectivity index (χ2v) is 43.5. The molecule has 33 heteroatoms. The highest BCUT2D eigenvalue weighted by Gasteiger charge is 2.36. The van der Waals surface area contributed by atoms with Crippen LogP contribution in [0.25, 0.3) is 84.2 Å². The van der Waals surface area contributed by atoms with Crippen molar-refractivity contribution in [3.63, 3.8) is 0 Å². The van der Waals surface area contributed by atoms with Crippen LogP contribution in [0.3, 0.4) is 0 Å². The van der Waals surface area contributed by atoms with Gasteiger partial charge in [0, 0.05) is 179 Å². The lowest BCUT2D eigenvalue weighted by molar-refractivity contribution is 0.592. The Morgan fingerprint density at radius 1 is 0.341 bits per heavy atom. The summed E-state index contributed by atoms with van der Waals surface area (Å²) in [5.74, 6) is 7.74. The van der Waals surface area contributed by atoms with E-state index in [-0.39, 0.29) is 11.0 Å². The molecule has 0 amide bonds. The first-order valence-electron chi connectivity index (χ1n) is 44.1. The summed E-state index contributed by atoms with van der Waals surface area (Å²) < 4.78 is 118. The summed E-state index contributed by atoms with van der Waals surface area (Å²) in [7, 11) is -14.4. The van der Waals surface area contributed by atoms with Gasteiger partial charge in [-0.25, -0.2) is 57.1 Å². The minimum atomic E-state index is -3.34. The largest absolute Gasteiger partial charge is 0.313 e. The third kappa shape index (κ3) is 28.4. The molecule has 5 N–H and O–H groups in total. The first-order chi connectivity index (χ1) is 63.3. The molecule has 0 spiro atoms. The Hall–Kier alpha value is -13.2. The predicted molar refractivity (Wildman–Crippen MR) is 537 cm³/mol. The molecule has 0 bridgehead atoms. The van der Waals surface area contributed by atoms with Gasteiger partial charge in [-0.1, -0.05) is 127 Å². The summed E-state index contributed by atoms with van der Waals surface area (Å²) in [5, 5.41) is 21.8. The van der Waals surface area contributed by atoms with Crippen molar-refractivity contribution < 1.29 is 33.7 Å². The van der Waals surface area contributed by atoms with Gasteiger partial charge in [0.1, 0.15) is 0 Å². The van der Waals surface area contributed by atoms with Gasteiger partial charge in [0.2, 0.25) is 30.1 Å². The molecule has 2 fully saturated rings. The summed E-state index contributed by atoms with van der Waals surface area (Å²) in [4.78, 5) is 21.9. The third-order valence-corrected chi connectivity index (χ3v) is 27.4. The van der Waals surface area contributed by atoms with E-state index in [1.54, 1.807) is 75.2 Å². The number of nitrogens with one attached hydrogen (secondary N) is 5. The van der Waals surface area contributed by atoms with Crippen LogP contribution < -0.4 is 23.6 Å². The van der Waals surface area contributed by atoms with Crippen molar-refractivity contribution in [2.24, 2.45) is 5.92 Å². The molecular weight excluding hydrogens is 1760 g/mol. The van der Waals surface area contributed by atoms with E-state index in [2.05, 4.69) is 145 Å². The van der Waals surface area contributed by atoms with E-state index >= 15 is 0 Å². The van der Waals surface area contributed by atoms with E-state index < -0.39 is 54.7 Å². The number of hydrogen-bond acceptors (Lipinski definition) is 18. The first kappa shape index (κ1) is 96.3. The zero-order valence-electron chi connectivity index (χ0n) is 75.7. The SMILES string of the molecule is C=S(C)(=O)Nc1ccc(-c2ccn(-c3ccnc(CCC)c3)n2)cc1.C=S(C)(=O)Nc1ccc(-c2cnn(-c3ccnc(CCC)c3)c2)cc1.CCCc1cc(-n2cc(-c3ccc(NS(=O)(=O)C(C)C)cc3)cn2)ccn1.CCCc1cc(-n2cc(-c3ccc(NS(=O)(=O)C4CC4)cc3)cn2)ccn1.CCCc1cc(-n2cc(-c3ccc(NS(=O)(=O)CC4CC4)cc3)cn2)ccn1. The van der Waals surface area contributed by atoms with Crippen molar-refractivity contribution in [1.82, 2.24) is 73.8 Å². The summed E-state index contributed by atoms with van der Waals surface area (Å²) in [6.45, 7) is 14.0. The molecule has 0 aliphatic heterocycles. The monoisotopic (exact) mass is 1870 g/mol. The standard InChI is InChI=1S/C21H24N4O2S.C20H22N4O2S.C20H24N4O2S.2C19H22N4OS/c1-2-3-20-12-21(10-11-22-20)25-14-18(13-23-25)17-6-8-19(9-7-17)24-28(26,27)15-16-4-5-16;1-2-3-18-12-19(10-11-21-18)24-14-16(13-22-24)15-4-6-17(7-5-15)23-27(25,26)20-8-9-20;1-4-5-19-12-20(10-11-21-19)24-14-17(13-22-24)16-6-8-18(9-7-16)23-27(25,26)15(2)3;1-4-5-17-14-18(10-12-20-17)23-13-11-19(21-23)15-6-8-16(9-7-15)22-25(2,3)24;1-4-5-18-12-19(10-11-20-18)23-14-16(13-21-23)15-6-8-17(9-7-15)22-25(2,3)24/h6-14,16,24H,2-5,15H2,1H3;4-7,10-14,20,23H,2-3,8-9H2,1H3;6-15,23H,4-5H2,1-3H3;2*6-14H,2,4-5H2,1,3H3,(H,22,24). The van der Waals surface area contributed by atoms with Gasteiger partial charge in [-0.15, -0.1) is 0 Å². The second-order valence-electron chi connectivity index (χ2n) is 33.1. The third-order valence-electron chi connectivity index (χ3n) is 21.0. The lowest BCUT2D eigenvalue weighted by Crippen LogP contribution is -2.22. The minimum Gasteiger partial charge on any atom is -0.313 e. The lowest BCUT2D eigenvalue weighted by Gasteiger charge is -2.10. The molecule has 2 aliphatic carbocycles. The molecule has 10 aromatic heterocycles. The zero-order valence-corrected chi connectivity index (χ0v) is 79.8. The van der Waals surface area contributed by atoms with Gasteiger partial charge in [0.25, 0.3) is 0 Å². The molecular formula is C99H114N20O8S5. The van der Waals surface area contributed by atoms with Crippen LogP contribution in [-0.2, 0) is 81.6 Å². The maximum absolute atomic E-state index is 12.1. The van der Waals surface area contributed by atoms with Gasteiger partial charge in [-0.2, -0.15) is 25.5 Å². The summed E-state index contributed by atoms with van der Waals surface area (Å²) in [5.41, 5.74) is 23.4. The van der Waals surface area contributed by atoms with Crippen molar-refractivity contribution in [1.29, 1.82) is 0 Å². The van der Waals surface area contributed by atoms with Crippen LogP contribution in [0.4, 0.5) is 28.4 Å². The smallest absolute Gasteiger partial charge is 0.235 e. The van der Waals surface area contributed by atoms with E-state index in [0.29, 0.717) is 23.0 Å². The van der Waals surface area contributed by atoms with Gasteiger partial charge < -0.3 is 9.44 Å². The zero-order chi connectivity index (χ0) is 93.6. The highest BCUT2D eigenvalue weighted by molar-refractivity contribution is 8.01. The molecule has 132 heavy (non-hydrogen) atoms. The number of pyridine rings is 5. The number of aryl methyl sites for hydroxylation is 5. The number of anilines is 5. The highest BCUT2D eigenvalue weighted by atomic mass is 32.2. The minimum absolute atomic E-state index is 0.216. The molecule has 28 nitrogen and oxygen atoms in total. The van der Waals surface area contributed by atoms with Crippen LogP contribution in [-0.4, -0.2) is 148 Å². The Labute approximate surface area is 775 Å². The number of aromatic nitrogens is 15. The van der Waals surface area contributed by atoms with E-state index in [0.717, 1.165) is 214 Å². The lowest BCUT2D eigenvalue weighted by atomic mass is 10.1. The first-order valence-corrected chi connectivity index (χ1v) is 53.1. The van der Waals surface area contributed by atoms with E-state index in [4.69, 9.17) is 0 Å². The fraction of sp³-hybridized carbons (Fsp3) is 0.273. The highest BCUT2D eigenvalue weighted by Crippen LogP contribution is 2.34. The quantitative estimate of drug-likeness (QED) is 0.0234. The maximum atomic E-state index is 12.1. The van der Waals surface area contributed by atoms with Crippen LogP contribution in [0.1, 0.15) is 135 Å². The molecule has 2 saturated carbocycles. The van der Waals surface area contributed by atoms with Crippen molar-refractivity contribution in [2.75, 3.05) is 41.9 Å². The second kappa shape index (κ2) is 44.1. The Balaban J connectivity index is 0.000000140. The van der Waals surface area contributed by atoms with Gasteiger partial charge in [0.05, 0.1) is 75.2 Å². The Bertz CT molecular complexity index is 6630. The van der Waals surface area contributed by atoms with Crippen LogP contribution in [0.2, 0.25) is 0 Å². The van der Waals surface area contributed by atoms with E-state index in [1.807, 2.05) is 225 Å². The summed E-state index contributed by atoms with van der Waals surface area (Å²) in [6, 6.07) is 59.5. The van der Waals surface area contributed by atoms with Gasteiger partial charge >= 0.3 is 0 Å². The number of rotatable bonds is 34. The average Bonchev–Trinajstić information content (AvgIpc) is 1.67. The number of benzene rings is 5. The van der Waals surface area contributed by atoms with E-state index in [9.17, 15) is 33.7 Å². The molecule has 2 aliphatic rings. The summed E-state index contributed by atoms with van der Waals surface area (Å²) in [6.07, 6.45) is 42.9. The Kier molecular flexibility index (Phi) is 32.2. The summed E-state index contributed by atoms with van der Waals surface area (Å²) >= 11 is 0. The van der Waals surface area contributed by atoms with Crippen molar-refractivity contribution in [2.45, 2.75) is 149 Å². The number of hydrogen-bond donors (Lipinski definition) is 5. The molecule has 10 heterocycles. The fourth-order valence-corrected chi connectivity index (χ4v) is 18.8. The molecule has 2 atom stereocenters. The average molecular weight is 1870 g/mol. The van der Waals surface area contributed by atoms with Crippen LogP contribution >= 0.6 is 0 Å². The Morgan fingerprint density at radius 2 is 0.621 bits per heavy atom. The Morgan fingerprint density at radius 3 is 0.902 bits per heavy atom. The number of sulfonamides is 3. The van der Waals surface area contributed by atoms with Crippen molar-refractivity contribution >= 4 is 89.7 Å². The van der Waals surface area contributed by atoms with Crippen LogP contribution in [0, 0.1) is 5.92 Å². The number of nitrogens with zero attached hydrogens (tertiary/aromatic N) is 15. The molecule has 17 rings (SSSR count). The van der Waals surface area contributed by atoms with Crippen LogP contribution in [0.15, 0.2) is 275 Å². The molecule has 0 radical (unpaired) electrons. The van der Waals surface area contributed by atoms with Crippen molar-refractivity contribution in [3.05, 3.63) is 303 Å². The van der Waals surface area contributed by atoms with Gasteiger partial charge in [-0.3, -0.25) is 39.1 Å². The molecule has 688 valence electrons. The van der Waals surface area contributed by atoms with E-state index in [1.165, 1.54) is 0 Å². The topological polar surface area (TPSA) is 350 Å². The van der Waals surface area contributed by atoms with Gasteiger partial charge in [0.15, 0.2) is 0 Å². The maximum Gasteiger partial charge on any atom is 0.235 e. The van der Waals surface area contributed by atoms with Crippen molar-refractivity contribution in [3.8, 4) is 84.2 Å². The predicted octanol–water partition coefficient (Wildman–Crippen LogP) is 19.0. The molecule has 2 unspecified atom stereocenters. The fourth-order valence-electron chi connectivity index (χ4n) is 13.9. The van der Waals surface area contributed by atoms with Gasteiger partial charge in [-0.05, 0) is 239 Å². The molecule has 5 aromatic carbocycles. The normalized spacial score (nSPS) is 13.4. The van der Waals surface area contributed by atoms with Crippen LogP contribution in [0.5, 0.6) is 0 Å². The molecule has 15 aromatic rings. The molecule has 0 saturated heterocycles.